The van der Waals surface area contributed by atoms with Crippen LogP contribution in [0.1, 0.15) is 64.0 Å². The van der Waals surface area contributed by atoms with Gasteiger partial charge in [0, 0.05) is 20.1 Å². The van der Waals surface area contributed by atoms with Crippen molar-refractivity contribution < 1.29 is 28.0 Å². The molecule has 12 heteroatoms. The van der Waals surface area contributed by atoms with Crippen molar-refractivity contribution in [1.29, 1.82) is 0 Å². The summed E-state index contributed by atoms with van der Waals surface area (Å²) >= 11 is 0. The third-order valence-corrected chi connectivity index (χ3v) is 10.2. The largest absolute Gasteiger partial charge is 0.357 e. The van der Waals surface area contributed by atoms with Gasteiger partial charge in [-0.1, -0.05) is 81.4 Å². The fraction of sp³-hybridized carbons (Fsp3) is 0.559. The van der Waals surface area contributed by atoms with Crippen LogP contribution in [0.15, 0.2) is 60.7 Å². The fourth-order valence-corrected chi connectivity index (χ4v) is 7.26. The molecule has 0 aliphatic carbocycles. The van der Waals surface area contributed by atoms with Gasteiger partial charge in [0.2, 0.25) is 17.7 Å². The zero-order valence-corrected chi connectivity index (χ0v) is 28.6. The van der Waals surface area contributed by atoms with Crippen molar-refractivity contribution in [2.45, 2.75) is 84.0 Å². The maximum absolute atomic E-state index is 14.5. The smallest absolute Gasteiger partial charge is 0.348 e. The van der Waals surface area contributed by atoms with Crippen LogP contribution in [0.5, 0.6) is 0 Å². The van der Waals surface area contributed by atoms with Crippen molar-refractivity contribution in [3.63, 3.8) is 0 Å². The van der Waals surface area contributed by atoms with E-state index in [1.807, 2.05) is 81.4 Å². The number of hydrogen-bond acceptors (Lipinski definition) is 8. The van der Waals surface area contributed by atoms with Gasteiger partial charge in [0.05, 0.1) is 25.7 Å². The molecule has 2 aromatic rings. The summed E-state index contributed by atoms with van der Waals surface area (Å²) in [5.74, 6) is -1.99. The Morgan fingerprint density at radius 2 is 1.43 bits per heavy atom. The number of likely N-dealkylation sites (tertiary alicyclic amines) is 1. The van der Waals surface area contributed by atoms with Crippen molar-refractivity contribution in [1.82, 2.24) is 26.2 Å². The van der Waals surface area contributed by atoms with Gasteiger partial charge in [-0.2, -0.15) is 0 Å². The maximum Gasteiger partial charge on any atom is 0.348 e. The zero-order chi connectivity index (χ0) is 33.4. The maximum atomic E-state index is 14.5. The second-order valence-corrected chi connectivity index (χ2v) is 14.3. The molecule has 1 aliphatic rings. The molecule has 1 heterocycles. The summed E-state index contributed by atoms with van der Waals surface area (Å²) < 4.78 is 26.6. The quantitative estimate of drug-likeness (QED) is 0.156. The summed E-state index contributed by atoms with van der Waals surface area (Å²) in [5, 5.41) is 11.5. The number of carbonyl (C=O) groups is 3. The van der Waals surface area contributed by atoms with Gasteiger partial charge in [-0.3, -0.25) is 24.3 Å². The number of rotatable bonds is 20. The number of likely N-dealkylation sites (N-methyl/N-ethyl adjacent to an activating group) is 1. The molecule has 0 unspecified atom stereocenters. The molecule has 11 nitrogen and oxygen atoms in total. The van der Waals surface area contributed by atoms with E-state index in [1.54, 1.807) is 0 Å². The Balaban J connectivity index is 1.73. The summed E-state index contributed by atoms with van der Waals surface area (Å²) in [6.45, 7) is 9.22. The lowest BCUT2D eigenvalue weighted by atomic mass is 10.0. The highest BCUT2D eigenvalue weighted by atomic mass is 31.2. The summed E-state index contributed by atoms with van der Waals surface area (Å²) in [6.07, 6.45) is 2.87. The number of amides is 3. The average Bonchev–Trinajstić information content (AvgIpc) is 3.58. The van der Waals surface area contributed by atoms with Crippen molar-refractivity contribution >= 4 is 25.3 Å². The van der Waals surface area contributed by atoms with E-state index in [0.717, 1.165) is 43.6 Å². The lowest BCUT2D eigenvalue weighted by Gasteiger charge is -2.31. The van der Waals surface area contributed by atoms with Crippen LogP contribution in [-0.4, -0.2) is 73.7 Å². The molecule has 254 valence electrons. The predicted octanol–water partition coefficient (Wildman–Crippen LogP) is 4.19. The van der Waals surface area contributed by atoms with E-state index in [1.165, 1.54) is 7.05 Å². The van der Waals surface area contributed by atoms with Gasteiger partial charge in [0.1, 0.15) is 11.8 Å². The fourth-order valence-electron chi connectivity index (χ4n) is 5.35. The van der Waals surface area contributed by atoms with E-state index < -0.39 is 37.3 Å². The van der Waals surface area contributed by atoms with Gasteiger partial charge >= 0.3 is 7.60 Å². The number of benzene rings is 2. The first-order chi connectivity index (χ1) is 22.1. The third-order valence-electron chi connectivity index (χ3n) is 7.91. The molecule has 46 heavy (non-hydrogen) atoms. The van der Waals surface area contributed by atoms with Gasteiger partial charge < -0.3 is 29.9 Å². The molecule has 3 amide bonds. The van der Waals surface area contributed by atoms with Crippen LogP contribution in [-0.2, 0) is 41.2 Å². The molecule has 1 saturated heterocycles. The van der Waals surface area contributed by atoms with Crippen LogP contribution < -0.4 is 21.3 Å². The van der Waals surface area contributed by atoms with E-state index in [2.05, 4.69) is 26.2 Å². The number of carbonyl (C=O) groups excluding carboxylic acids is 3. The van der Waals surface area contributed by atoms with Crippen molar-refractivity contribution in [2.24, 2.45) is 5.92 Å². The Labute approximate surface area is 274 Å². The lowest BCUT2D eigenvalue weighted by Crippen LogP contribution is -2.55. The molecular weight excluding hydrogens is 605 g/mol. The SMILES string of the molecule is CC[C@H](N[C@@H](CC(C)C)C(=O)N[C@@H](CC(=O)NCCN1CCCC1)C(=O)NC)P(=O)(OCc1ccccc1)OCc1ccccc1. The van der Waals surface area contributed by atoms with Gasteiger partial charge in [-0.25, -0.2) is 0 Å². The Morgan fingerprint density at radius 1 is 0.870 bits per heavy atom. The standard InChI is InChI=1S/C34H52N5O6P/c1-5-32(46(43,44-24-27-14-8-6-9-15-27)45-25-28-16-10-7-11-17-28)37-29(22-26(2)3)34(42)38-30(33(41)35-4)23-31(40)36-18-21-39-19-12-13-20-39/h6-11,14-17,26,29-30,32,37H,5,12-13,18-25H2,1-4H3,(H,35,41)(H,36,40)(H,38,42)/t29-,30-,32+/m0/s1. The number of hydrogen-bond donors (Lipinski definition) is 4. The van der Waals surface area contributed by atoms with Crippen LogP contribution in [0.3, 0.4) is 0 Å². The highest BCUT2D eigenvalue weighted by Gasteiger charge is 2.39. The predicted molar refractivity (Wildman–Crippen MR) is 180 cm³/mol. The molecule has 0 aromatic heterocycles. The summed E-state index contributed by atoms with van der Waals surface area (Å²) in [7, 11) is -2.37. The van der Waals surface area contributed by atoms with E-state index in [-0.39, 0.29) is 31.5 Å². The molecule has 1 fully saturated rings. The Morgan fingerprint density at radius 3 is 1.93 bits per heavy atom. The van der Waals surface area contributed by atoms with E-state index >= 15 is 0 Å². The molecule has 2 aromatic carbocycles. The highest BCUT2D eigenvalue weighted by Crippen LogP contribution is 2.54. The Bertz CT molecular complexity index is 1210. The van der Waals surface area contributed by atoms with E-state index in [4.69, 9.17) is 9.05 Å². The van der Waals surface area contributed by atoms with Crippen LogP contribution in [0.2, 0.25) is 0 Å². The molecule has 0 bridgehead atoms. The molecule has 0 radical (unpaired) electrons. The minimum atomic E-state index is -3.84. The van der Waals surface area contributed by atoms with E-state index in [9.17, 15) is 18.9 Å². The first-order valence-electron chi connectivity index (χ1n) is 16.4. The summed E-state index contributed by atoms with van der Waals surface area (Å²) in [4.78, 5) is 41.6. The lowest BCUT2D eigenvalue weighted by molar-refractivity contribution is -0.132. The van der Waals surface area contributed by atoms with Crippen LogP contribution in [0, 0.1) is 5.92 Å². The first-order valence-corrected chi connectivity index (χ1v) is 18.0. The number of nitrogens with zero attached hydrogens (tertiary/aromatic N) is 1. The number of nitrogens with one attached hydrogen (secondary N) is 4. The zero-order valence-electron chi connectivity index (χ0n) is 27.7. The Kier molecular flexibility index (Phi) is 15.9. The van der Waals surface area contributed by atoms with Crippen molar-refractivity contribution in [2.75, 3.05) is 33.2 Å². The third kappa shape index (κ3) is 12.6. The molecule has 0 saturated carbocycles. The minimum Gasteiger partial charge on any atom is -0.357 e. The van der Waals surface area contributed by atoms with Crippen LogP contribution >= 0.6 is 7.60 Å². The highest BCUT2D eigenvalue weighted by molar-refractivity contribution is 7.54. The molecule has 0 spiro atoms. The van der Waals surface area contributed by atoms with Gasteiger partial charge in [-0.15, -0.1) is 0 Å². The normalized spacial score (nSPS) is 15.7. The van der Waals surface area contributed by atoms with Gasteiger partial charge in [-0.05, 0) is 55.8 Å². The molecule has 3 atom stereocenters. The molecule has 1 aliphatic heterocycles. The topological polar surface area (TPSA) is 138 Å². The van der Waals surface area contributed by atoms with Crippen LogP contribution in [0.25, 0.3) is 0 Å². The Hall–Kier alpha value is -3.08. The minimum absolute atomic E-state index is 0.0672. The second kappa shape index (κ2) is 19.6. The second-order valence-electron chi connectivity index (χ2n) is 12.1. The summed E-state index contributed by atoms with van der Waals surface area (Å²) in [5.41, 5.74) is 1.67. The first kappa shape index (κ1) is 37.4. The average molecular weight is 658 g/mol. The summed E-state index contributed by atoms with van der Waals surface area (Å²) in [6, 6.07) is 16.9. The van der Waals surface area contributed by atoms with Gasteiger partial charge in [0.15, 0.2) is 0 Å². The van der Waals surface area contributed by atoms with Crippen LogP contribution in [0.4, 0.5) is 0 Å². The molecule has 3 rings (SSSR count). The molecule has 4 N–H and O–H groups in total. The monoisotopic (exact) mass is 657 g/mol. The van der Waals surface area contributed by atoms with E-state index in [0.29, 0.717) is 19.4 Å². The van der Waals surface area contributed by atoms with Crippen molar-refractivity contribution in [3.05, 3.63) is 71.8 Å². The van der Waals surface area contributed by atoms with Gasteiger partial charge in [0.25, 0.3) is 0 Å². The van der Waals surface area contributed by atoms with Crippen molar-refractivity contribution in [3.8, 4) is 0 Å². The molecular formula is C34H52N5O6P.